The fourth-order valence-electron chi connectivity index (χ4n) is 1.93. The number of H-pyrrole nitrogens is 1. The Bertz CT molecular complexity index is 690. The normalized spacial score (nSPS) is 14.8. The summed E-state index contributed by atoms with van der Waals surface area (Å²) >= 11 is 0. The number of nitrogens with one attached hydrogen (secondary N) is 2. The number of aliphatic imine (C=N–C) groups is 1. The van der Waals surface area contributed by atoms with E-state index in [-0.39, 0.29) is 12.5 Å². The van der Waals surface area contributed by atoms with Crippen LogP contribution in [0.5, 0.6) is 5.88 Å². The van der Waals surface area contributed by atoms with Crippen molar-refractivity contribution in [2.75, 3.05) is 18.5 Å². The second kappa shape index (κ2) is 5.14. The molecule has 102 valence electrons. The molecule has 0 aliphatic carbocycles. The molecule has 4 N–H and O–H groups in total. The lowest BCUT2D eigenvalue weighted by molar-refractivity contribution is 0.311. The first-order valence-corrected chi connectivity index (χ1v) is 6.13. The predicted octanol–water partition coefficient (Wildman–Crippen LogP) is 1.17. The molecule has 1 aliphatic rings. The van der Waals surface area contributed by atoms with Gasteiger partial charge in [-0.25, -0.2) is 9.98 Å². The van der Waals surface area contributed by atoms with Crippen LogP contribution in [-0.2, 0) is 0 Å². The highest BCUT2D eigenvalue weighted by Crippen LogP contribution is 2.31. The second-order valence-electron chi connectivity index (χ2n) is 4.21. The number of nitrogens with zero attached hydrogens (tertiary/aromatic N) is 3. The number of rotatable bonds is 4. The first-order chi connectivity index (χ1) is 9.78. The number of anilines is 1. The molecular weight excluding hydrogens is 258 g/mol. The van der Waals surface area contributed by atoms with Gasteiger partial charge in [0.25, 0.3) is 0 Å². The van der Waals surface area contributed by atoms with Gasteiger partial charge in [-0.3, -0.25) is 0 Å². The van der Waals surface area contributed by atoms with Crippen molar-refractivity contribution < 1.29 is 10.2 Å². The molecule has 2 aromatic rings. The Morgan fingerprint density at radius 3 is 3.15 bits per heavy atom. The molecule has 7 nitrogen and oxygen atoms in total. The summed E-state index contributed by atoms with van der Waals surface area (Å²) in [7, 11) is 0. The summed E-state index contributed by atoms with van der Waals surface area (Å²) in [6, 6.07) is 3.75. The summed E-state index contributed by atoms with van der Waals surface area (Å²) in [5.41, 5.74) is 2.23. The SMILES string of the molecule is OCCNc1nc(O)c(C=C2C=Nc3ncccc32)[nH]1. The van der Waals surface area contributed by atoms with Crippen LogP contribution in [0.15, 0.2) is 23.3 Å². The zero-order chi connectivity index (χ0) is 13.9. The van der Waals surface area contributed by atoms with Crippen molar-refractivity contribution in [3.63, 3.8) is 0 Å². The molecular formula is C13H13N5O2. The van der Waals surface area contributed by atoms with Crippen LogP contribution in [0, 0.1) is 0 Å². The Morgan fingerprint density at radius 1 is 1.40 bits per heavy atom. The molecule has 0 radical (unpaired) electrons. The molecule has 1 aliphatic heterocycles. The molecule has 20 heavy (non-hydrogen) atoms. The highest BCUT2D eigenvalue weighted by atomic mass is 16.3. The third kappa shape index (κ3) is 2.26. The van der Waals surface area contributed by atoms with Gasteiger partial charge in [0, 0.05) is 30.1 Å². The Balaban J connectivity index is 1.90. The van der Waals surface area contributed by atoms with E-state index in [0.29, 0.717) is 24.0 Å². The second-order valence-corrected chi connectivity index (χ2v) is 4.21. The molecule has 7 heteroatoms. The van der Waals surface area contributed by atoms with Gasteiger partial charge >= 0.3 is 0 Å². The largest absolute Gasteiger partial charge is 0.492 e. The minimum atomic E-state index is -0.108. The fourth-order valence-corrected chi connectivity index (χ4v) is 1.93. The number of aliphatic hydroxyl groups is 1. The first-order valence-electron chi connectivity index (χ1n) is 6.13. The molecule has 0 atom stereocenters. The number of pyridine rings is 1. The highest BCUT2D eigenvalue weighted by Gasteiger charge is 2.14. The van der Waals surface area contributed by atoms with E-state index in [4.69, 9.17) is 5.11 Å². The summed E-state index contributed by atoms with van der Waals surface area (Å²) in [4.78, 5) is 15.2. The number of aromatic hydroxyl groups is 1. The quantitative estimate of drug-likeness (QED) is 0.668. The van der Waals surface area contributed by atoms with Gasteiger partial charge in [-0.05, 0) is 18.2 Å². The molecule has 0 unspecified atom stereocenters. The van der Waals surface area contributed by atoms with Gasteiger partial charge < -0.3 is 20.5 Å². The number of hydrogen-bond donors (Lipinski definition) is 4. The molecule has 3 rings (SSSR count). The average molecular weight is 271 g/mol. The lowest BCUT2D eigenvalue weighted by atomic mass is 10.1. The van der Waals surface area contributed by atoms with Crippen molar-refractivity contribution in [2.24, 2.45) is 4.99 Å². The number of aliphatic hydroxyl groups excluding tert-OH is 1. The molecule has 0 amide bonds. The number of fused-ring (bicyclic) bond motifs is 1. The lowest BCUT2D eigenvalue weighted by Crippen LogP contribution is -2.06. The van der Waals surface area contributed by atoms with Crippen molar-refractivity contribution in [1.82, 2.24) is 15.0 Å². The molecule has 0 aromatic carbocycles. The molecule has 0 fully saturated rings. The van der Waals surface area contributed by atoms with Crippen molar-refractivity contribution in [3.8, 4) is 5.88 Å². The minimum Gasteiger partial charge on any atom is -0.492 e. The van der Waals surface area contributed by atoms with Gasteiger partial charge in [-0.1, -0.05) is 0 Å². The van der Waals surface area contributed by atoms with Crippen LogP contribution in [0.1, 0.15) is 11.3 Å². The summed E-state index contributed by atoms with van der Waals surface area (Å²) in [6.45, 7) is 0.348. The Labute approximate surface area is 114 Å². The van der Waals surface area contributed by atoms with Crippen LogP contribution in [0.4, 0.5) is 11.8 Å². The van der Waals surface area contributed by atoms with E-state index in [9.17, 15) is 5.11 Å². The smallest absolute Gasteiger partial charge is 0.238 e. The van der Waals surface area contributed by atoms with E-state index in [1.165, 1.54) is 0 Å². The molecule has 0 bridgehead atoms. The van der Waals surface area contributed by atoms with Crippen LogP contribution in [0.25, 0.3) is 11.6 Å². The number of allylic oxidation sites excluding steroid dienone is 1. The topological polar surface area (TPSA) is 106 Å². The average Bonchev–Trinajstić information content (AvgIpc) is 3.02. The summed E-state index contributed by atoms with van der Waals surface area (Å²) in [5.74, 6) is 0.963. The van der Waals surface area contributed by atoms with E-state index in [2.05, 4.69) is 25.3 Å². The fraction of sp³-hybridized carbons (Fsp3) is 0.154. The van der Waals surface area contributed by atoms with Crippen LogP contribution in [-0.4, -0.2) is 44.5 Å². The van der Waals surface area contributed by atoms with Gasteiger partial charge in [0.1, 0.15) is 5.69 Å². The van der Waals surface area contributed by atoms with Crippen LogP contribution < -0.4 is 5.32 Å². The van der Waals surface area contributed by atoms with Crippen molar-refractivity contribution in [1.29, 1.82) is 0 Å². The third-order valence-electron chi connectivity index (χ3n) is 2.84. The number of imidazole rings is 1. The minimum absolute atomic E-state index is 0.0103. The number of hydrogen-bond acceptors (Lipinski definition) is 6. The maximum Gasteiger partial charge on any atom is 0.238 e. The van der Waals surface area contributed by atoms with Gasteiger partial charge in [0.2, 0.25) is 11.8 Å². The first kappa shape index (κ1) is 12.4. The van der Waals surface area contributed by atoms with Gasteiger partial charge in [0.05, 0.1) is 6.61 Å². The molecule has 0 saturated carbocycles. The molecule has 3 heterocycles. The van der Waals surface area contributed by atoms with E-state index >= 15 is 0 Å². The van der Waals surface area contributed by atoms with Crippen LogP contribution in [0.3, 0.4) is 0 Å². The molecule has 2 aromatic heterocycles. The summed E-state index contributed by atoms with van der Waals surface area (Å²) < 4.78 is 0. The summed E-state index contributed by atoms with van der Waals surface area (Å²) in [5, 5.41) is 21.4. The predicted molar refractivity (Wildman–Crippen MR) is 76.1 cm³/mol. The van der Waals surface area contributed by atoms with E-state index in [1.54, 1.807) is 18.5 Å². The Hall–Kier alpha value is -2.67. The van der Waals surface area contributed by atoms with E-state index < -0.39 is 0 Å². The van der Waals surface area contributed by atoms with Crippen LogP contribution in [0.2, 0.25) is 0 Å². The van der Waals surface area contributed by atoms with E-state index in [1.807, 2.05) is 12.1 Å². The monoisotopic (exact) mass is 271 g/mol. The number of aromatic amines is 1. The number of aromatic nitrogens is 3. The highest BCUT2D eigenvalue weighted by molar-refractivity contribution is 6.20. The standard InChI is InChI=1S/C13H13N5O2/c19-5-4-15-13-17-10(12(20)18-13)6-8-7-16-11-9(8)2-1-3-14-11/h1-3,6-7,19-20H,4-5H2,(H2,15,17,18). The Kier molecular flexibility index (Phi) is 3.18. The van der Waals surface area contributed by atoms with Crippen molar-refractivity contribution >= 4 is 29.6 Å². The maximum atomic E-state index is 9.79. The van der Waals surface area contributed by atoms with Gasteiger partial charge in [-0.2, -0.15) is 4.98 Å². The maximum absolute atomic E-state index is 9.79. The zero-order valence-electron chi connectivity index (χ0n) is 10.5. The molecule has 0 saturated heterocycles. The van der Waals surface area contributed by atoms with Crippen molar-refractivity contribution in [3.05, 3.63) is 29.6 Å². The van der Waals surface area contributed by atoms with E-state index in [0.717, 1.165) is 11.1 Å². The van der Waals surface area contributed by atoms with Gasteiger partial charge in [-0.15, -0.1) is 0 Å². The Morgan fingerprint density at radius 2 is 2.30 bits per heavy atom. The third-order valence-corrected chi connectivity index (χ3v) is 2.84. The van der Waals surface area contributed by atoms with Crippen molar-refractivity contribution in [2.45, 2.75) is 0 Å². The summed E-state index contributed by atoms with van der Waals surface area (Å²) in [6.07, 6.45) is 5.13. The van der Waals surface area contributed by atoms with Gasteiger partial charge in [0.15, 0.2) is 5.82 Å². The zero-order valence-corrected chi connectivity index (χ0v) is 10.5. The lowest BCUT2D eigenvalue weighted by Gasteiger charge is -1.98. The van der Waals surface area contributed by atoms with Crippen LogP contribution >= 0.6 is 0 Å². The molecule has 0 spiro atoms.